The minimum Gasteiger partial charge on any atom is -0.303 e. The molecule has 2 heterocycles. The van der Waals surface area contributed by atoms with Crippen molar-refractivity contribution in [2.45, 2.75) is 32.6 Å². The van der Waals surface area contributed by atoms with E-state index in [-0.39, 0.29) is 0 Å². The van der Waals surface area contributed by atoms with Crippen molar-refractivity contribution in [2.75, 3.05) is 51.3 Å². The number of likely N-dealkylation sites (tertiary alicyclic amines) is 2. The minimum atomic E-state index is -2.83. The van der Waals surface area contributed by atoms with Crippen LogP contribution in [0.2, 0.25) is 0 Å². The summed E-state index contributed by atoms with van der Waals surface area (Å²) in [5, 5.41) is 0. The number of rotatable bonds is 4. The number of hydrogen-bond acceptors (Lipinski definition) is 4. The van der Waals surface area contributed by atoms with Gasteiger partial charge in [0.2, 0.25) is 0 Å². The zero-order valence-corrected chi connectivity index (χ0v) is 13.2. The van der Waals surface area contributed by atoms with Gasteiger partial charge in [-0.05, 0) is 50.7 Å². The van der Waals surface area contributed by atoms with E-state index >= 15 is 0 Å². The lowest BCUT2D eigenvalue weighted by molar-refractivity contribution is 0.0179. The van der Waals surface area contributed by atoms with Crippen molar-refractivity contribution in [3.63, 3.8) is 0 Å². The standard InChI is InChI=1S/C14H28N2O2S/c1-3-15-8-4-6-14(12-15)7-5-9-16(13-14)10-11-19(2,17)18/h3-13H2,1-2H3. The fourth-order valence-corrected chi connectivity index (χ4v) is 4.30. The molecule has 1 atom stereocenters. The van der Waals surface area contributed by atoms with Crippen molar-refractivity contribution in [3.8, 4) is 0 Å². The van der Waals surface area contributed by atoms with Gasteiger partial charge in [0.05, 0.1) is 5.75 Å². The zero-order chi connectivity index (χ0) is 13.9. The third-order valence-electron chi connectivity index (χ3n) is 4.71. The molecule has 0 aromatic carbocycles. The summed E-state index contributed by atoms with van der Waals surface area (Å²) >= 11 is 0. The fourth-order valence-electron chi connectivity index (χ4n) is 3.71. The highest BCUT2D eigenvalue weighted by Gasteiger charge is 2.38. The highest BCUT2D eigenvalue weighted by Crippen LogP contribution is 2.38. The van der Waals surface area contributed by atoms with Crippen molar-refractivity contribution in [1.82, 2.24) is 9.80 Å². The maximum atomic E-state index is 11.3. The van der Waals surface area contributed by atoms with Crippen LogP contribution >= 0.6 is 0 Å². The zero-order valence-electron chi connectivity index (χ0n) is 12.4. The Morgan fingerprint density at radius 2 is 1.63 bits per heavy atom. The van der Waals surface area contributed by atoms with Gasteiger partial charge in [-0.2, -0.15) is 0 Å². The lowest BCUT2D eigenvalue weighted by Gasteiger charge is -2.48. The first-order chi connectivity index (χ1) is 8.92. The Bertz CT molecular complexity index is 392. The third-order valence-corrected chi connectivity index (χ3v) is 5.63. The molecule has 2 aliphatic heterocycles. The minimum absolute atomic E-state index is 0.306. The van der Waals surface area contributed by atoms with E-state index in [4.69, 9.17) is 0 Å². The Kier molecular flexibility index (Phi) is 4.90. The SMILES string of the molecule is CCN1CCCC2(CCCN(CCS(C)(=O)=O)C2)C1. The number of piperidine rings is 2. The Balaban J connectivity index is 1.92. The summed E-state index contributed by atoms with van der Waals surface area (Å²) in [6, 6.07) is 0. The highest BCUT2D eigenvalue weighted by molar-refractivity contribution is 7.90. The lowest BCUT2D eigenvalue weighted by atomic mass is 9.74. The summed E-state index contributed by atoms with van der Waals surface area (Å²) in [7, 11) is -2.83. The van der Waals surface area contributed by atoms with E-state index in [1.54, 1.807) is 0 Å². The molecule has 112 valence electrons. The lowest BCUT2D eigenvalue weighted by Crippen LogP contribution is -2.52. The molecule has 0 radical (unpaired) electrons. The average Bonchev–Trinajstić information content (AvgIpc) is 2.36. The molecule has 4 nitrogen and oxygen atoms in total. The van der Waals surface area contributed by atoms with Crippen LogP contribution in [0.4, 0.5) is 0 Å². The van der Waals surface area contributed by atoms with Gasteiger partial charge in [0.25, 0.3) is 0 Å². The summed E-state index contributed by atoms with van der Waals surface area (Å²) < 4.78 is 22.6. The van der Waals surface area contributed by atoms with E-state index in [1.165, 1.54) is 45.0 Å². The Labute approximate surface area is 118 Å². The molecule has 1 spiro atoms. The molecule has 2 aliphatic rings. The van der Waals surface area contributed by atoms with Crippen molar-refractivity contribution < 1.29 is 8.42 Å². The van der Waals surface area contributed by atoms with Crippen LogP contribution in [0.15, 0.2) is 0 Å². The molecule has 0 aromatic rings. The van der Waals surface area contributed by atoms with E-state index in [0.717, 1.165) is 19.6 Å². The van der Waals surface area contributed by atoms with E-state index in [1.807, 2.05) is 0 Å². The van der Waals surface area contributed by atoms with Gasteiger partial charge in [0.1, 0.15) is 9.84 Å². The normalized spacial score (nSPS) is 30.8. The van der Waals surface area contributed by atoms with Gasteiger partial charge in [0, 0.05) is 25.9 Å². The van der Waals surface area contributed by atoms with E-state index in [2.05, 4.69) is 16.7 Å². The number of nitrogens with zero attached hydrogens (tertiary/aromatic N) is 2. The van der Waals surface area contributed by atoms with Crippen LogP contribution in [0.3, 0.4) is 0 Å². The van der Waals surface area contributed by atoms with Crippen LogP contribution in [0.5, 0.6) is 0 Å². The monoisotopic (exact) mass is 288 g/mol. The Morgan fingerprint density at radius 1 is 1.05 bits per heavy atom. The predicted molar refractivity (Wildman–Crippen MR) is 79.2 cm³/mol. The van der Waals surface area contributed by atoms with E-state index in [0.29, 0.717) is 17.7 Å². The first-order valence-electron chi connectivity index (χ1n) is 7.55. The first kappa shape index (κ1) is 15.3. The first-order valence-corrected chi connectivity index (χ1v) is 9.61. The van der Waals surface area contributed by atoms with Gasteiger partial charge in [-0.25, -0.2) is 8.42 Å². The molecule has 0 aromatic heterocycles. The molecule has 2 saturated heterocycles. The van der Waals surface area contributed by atoms with Crippen molar-refractivity contribution in [3.05, 3.63) is 0 Å². The average molecular weight is 288 g/mol. The summed E-state index contributed by atoms with van der Waals surface area (Å²) in [4.78, 5) is 4.94. The molecule has 0 amide bonds. The van der Waals surface area contributed by atoms with Crippen molar-refractivity contribution in [2.24, 2.45) is 5.41 Å². The number of sulfone groups is 1. The molecular formula is C14H28N2O2S. The molecule has 0 aliphatic carbocycles. The maximum absolute atomic E-state index is 11.3. The van der Waals surface area contributed by atoms with Gasteiger partial charge < -0.3 is 9.80 Å². The quantitative estimate of drug-likeness (QED) is 0.780. The maximum Gasteiger partial charge on any atom is 0.148 e. The summed E-state index contributed by atoms with van der Waals surface area (Å²) in [6.45, 7) is 8.71. The van der Waals surface area contributed by atoms with E-state index in [9.17, 15) is 8.42 Å². The molecule has 2 rings (SSSR count). The molecule has 0 saturated carbocycles. The largest absolute Gasteiger partial charge is 0.303 e. The molecular weight excluding hydrogens is 260 g/mol. The summed E-state index contributed by atoms with van der Waals surface area (Å²) in [5.74, 6) is 0.306. The third kappa shape index (κ3) is 4.43. The van der Waals surface area contributed by atoms with Gasteiger partial charge in [-0.1, -0.05) is 6.92 Å². The van der Waals surface area contributed by atoms with Gasteiger partial charge in [-0.3, -0.25) is 0 Å². The second kappa shape index (κ2) is 6.10. The van der Waals surface area contributed by atoms with Crippen LogP contribution in [0, 0.1) is 5.41 Å². The van der Waals surface area contributed by atoms with Crippen LogP contribution < -0.4 is 0 Å². The van der Waals surface area contributed by atoms with Crippen molar-refractivity contribution >= 4 is 9.84 Å². The second-order valence-corrected chi connectivity index (χ2v) is 8.74. The molecule has 19 heavy (non-hydrogen) atoms. The smallest absolute Gasteiger partial charge is 0.148 e. The van der Waals surface area contributed by atoms with Crippen LogP contribution in [0.25, 0.3) is 0 Å². The Hall–Kier alpha value is -0.130. The summed E-state index contributed by atoms with van der Waals surface area (Å²) in [5.41, 5.74) is 0.435. The molecule has 2 fully saturated rings. The summed E-state index contributed by atoms with van der Waals surface area (Å²) in [6.07, 6.45) is 6.50. The van der Waals surface area contributed by atoms with Crippen LogP contribution in [0.1, 0.15) is 32.6 Å². The van der Waals surface area contributed by atoms with Gasteiger partial charge >= 0.3 is 0 Å². The second-order valence-electron chi connectivity index (χ2n) is 6.48. The van der Waals surface area contributed by atoms with Crippen LogP contribution in [-0.2, 0) is 9.84 Å². The molecule has 5 heteroatoms. The van der Waals surface area contributed by atoms with Gasteiger partial charge in [0.15, 0.2) is 0 Å². The number of hydrogen-bond donors (Lipinski definition) is 0. The predicted octanol–water partition coefficient (Wildman–Crippen LogP) is 1.23. The van der Waals surface area contributed by atoms with Crippen LogP contribution in [-0.4, -0.2) is 69.5 Å². The Morgan fingerprint density at radius 3 is 2.21 bits per heavy atom. The molecule has 0 bridgehead atoms. The molecule has 1 unspecified atom stereocenters. The fraction of sp³-hybridized carbons (Fsp3) is 1.00. The molecule has 0 N–H and O–H groups in total. The highest BCUT2D eigenvalue weighted by atomic mass is 32.2. The topological polar surface area (TPSA) is 40.6 Å². The van der Waals surface area contributed by atoms with Gasteiger partial charge in [-0.15, -0.1) is 0 Å². The van der Waals surface area contributed by atoms with E-state index < -0.39 is 9.84 Å². The van der Waals surface area contributed by atoms with Crippen molar-refractivity contribution in [1.29, 1.82) is 0 Å².